The van der Waals surface area contributed by atoms with Crippen molar-refractivity contribution >= 4 is 17.7 Å². The van der Waals surface area contributed by atoms with E-state index in [2.05, 4.69) is 0 Å². The van der Waals surface area contributed by atoms with Gasteiger partial charge in [-0.05, 0) is 37.5 Å². The highest BCUT2D eigenvalue weighted by Gasteiger charge is 2.19. The second-order valence-electron chi connectivity index (χ2n) is 4.03. The first kappa shape index (κ1) is 14.0. The van der Waals surface area contributed by atoms with Gasteiger partial charge < -0.3 is 4.90 Å². The van der Waals surface area contributed by atoms with Gasteiger partial charge in [0.1, 0.15) is 5.82 Å². The number of nitrogens with zero attached hydrogens (tertiary/aromatic N) is 1. The van der Waals surface area contributed by atoms with Crippen LogP contribution in [0.25, 0.3) is 0 Å². The topological polar surface area (TPSA) is 20.3 Å². The summed E-state index contributed by atoms with van der Waals surface area (Å²) >= 11 is 1.75. The summed E-state index contributed by atoms with van der Waals surface area (Å²) in [6, 6.07) is 6.22. The van der Waals surface area contributed by atoms with Crippen LogP contribution in [0.1, 0.15) is 23.7 Å². The molecule has 2 nitrogen and oxygen atoms in total. The molecule has 1 amide bonds. The fraction of sp³-hybridized carbons (Fsp3) is 0.462. The van der Waals surface area contributed by atoms with Crippen molar-refractivity contribution in [2.75, 3.05) is 19.1 Å². The zero-order chi connectivity index (χ0) is 12.8. The van der Waals surface area contributed by atoms with Gasteiger partial charge in [0.2, 0.25) is 0 Å². The molecule has 0 spiro atoms. The number of rotatable bonds is 5. The zero-order valence-corrected chi connectivity index (χ0v) is 11.3. The van der Waals surface area contributed by atoms with Crippen LogP contribution < -0.4 is 0 Å². The molecular formula is C13H18FNOS. The highest BCUT2D eigenvalue weighted by Crippen LogP contribution is 2.13. The van der Waals surface area contributed by atoms with E-state index in [1.54, 1.807) is 35.8 Å². The van der Waals surface area contributed by atoms with E-state index < -0.39 is 5.82 Å². The van der Waals surface area contributed by atoms with Crippen LogP contribution in [-0.4, -0.2) is 35.9 Å². The van der Waals surface area contributed by atoms with Gasteiger partial charge >= 0.3 is 0 Å². The summed E-state index contributed by atoms with van der Waals surface area (Å²) in [7, 11) is 1.72. The van der Waals surface area contributed by atoms with Gasteiger partial charge in [-0.2, -0.15) is 11.8 Å². The van der Waals surface area contributed by atoms with E-state index >= 15 is 0 Å². The quantitative estimate of drug-likeness (QED) is 0.806. The number of hydrogen-bond acceptors (Lipinski definition) is 2. The van der Waals surface area contributed by atoms with E-state index in [1.807, 2.05) is 13.2 Å². The van der Waals surface area contributed by atoms with Crippen LogP contribution >= 0.6 is 11.8 Å². The lowest BCUT2D eigenvalue weighted by Crippen LogP contribution is -2.35. The smallest absolute Gasteiger partial charge is 0.256 e. The average Bonchev–Trinajstić information content (AvgIpc) is 2.34. The lowest BCUT2D eigenvalue weighted by atomic mass is 10.1. The summed E-state index contributed by atoms with van der Waals surface area (Å²) in [4.78, 5) is 13.7. The zero-order valence-electron chi connectivity index (χ0n) is 10.4. The van der Waals surface area contributed by atoms with E-state index in [0.717, 1.165) is 12.2 Å². The minimum Gasteiger partial charge on any atom is -0.339 e. The summed E-state index contributed by atoms with van der Waals surface area (Å²) in [6.45, 7) is 1.98. The molecular weight excluding hydrogens is 237 g/mol. The second-order valence-corrected chi connectivity index (χ2v) is 5.01. The number of thioether (sulfide) groups is 1. The Labute approximate surface area is 106 Å². The summed E-state index contributed by atoms with van der Waals surface area (Å²) in [5.74, 6) is 0.286. The van der Waals surface area contributed by atoms with Crippen LogP contribution in [0, 0.1) is 5.82 Å². The third-order valence-corrected chi connectivity index (χ3v) is 3.47. The largest absolute Gasteiger partial charge is 0.339 e. The average molecular weight is 255 g/mol. The second kappa shape index (κ2) is 6.64. The molecule has 0 aliphatic carbocycles. The number of hydrogen-bond donors (Lipinski definition) is 0. The van der Waals surface area contributed by atoms with Crippen molar-refractivity contribution in [1.29, 1.82) is 0 Å². The van der Waals surface area contributed by atoms with Crippen LogP contribution in [0.3, 0.4) is 0 Å². The fourth-order valence-corrected chi connectivity index (χ4v) is 2.08. The molecule has 0 saturated carbocycles. The summed E-state index contributed by atoms with van der Waals surface area (Å²) < 4.78 is 13.5. The van der Waals surface area contributed by atoms with Crippen LogP contribution in [0.2, 0.25) is 0 Å². The molecule has 1 unspecified atom stereocenters. The first-order chi connectivity index (χ1) is 8.07. The monoisotopic (exact) mass is 255 g/mol. The summed E-state index contributed by atoms with van der Waals surface area (Å²) in [5, 5.41) is 0. The number of carbonyl (C=O) groups is 1. The Balaban J connectivity index is 2.73. The number of halogens is 1. The predicted octanol–water partition coefficient (Wildman–Crippen LogP) is 3.04. The van der Waals surface area contributed by atoms with E-state index in [9.17, 15) is 9.18 Å². The van der Waals surface area contributed by atoms with E-state index in [1.165, 1.54) is 12.1 Å². The van der Waals surface area contributed by atoms with Gasteiger partial charge in [-0.15, -0.1) is 0 Å². The summed E-state index contributed by atoms with van der Waals surface area (Å²) in [6.07, 6.45) is 2.95. The van der Waals surface area contributed by atoms with Crippen molar-refractivity contribution in [3.63, 3.8) is 0 Å². The molecule has 0 aliphatic rings. The Morgan fingerprint density at radius 3 is 2.71 bits per heavy atom. The Bertz CT molecular complexity index is 383. The molecule has 94 valence electrons. The Morgan fingerprint density at radius 2 is 2.12 bits per heavy atom. The number of amides is 1. The third-order valence-electron chi connectivity index (χ3n) is 2.83. The molecule has 4 heteroatoms. The summed E-state index contributed by atoms with van der Waals surface area (Å²) in [5.41, 5.74) is 0.144. The molecule has 0 saturated heterocycles. The Kier molecular flexibility index (Phi) is 5.48. The van der Waals surface area contributed by atoms with Gasteiger partial charge in [0.15, 0.2) is 0 Å². The molecule has 17 heavy (non-hydrogen) atoms. The van der Waals surface area contributed by atoms with Crippen molar-refractivity contribution < 1.29 is 9.18 Å². The van der Waals surface area contributed by atoms with Crippen LogP contribution in [0.15, 0.2) is 24.3 Å². The molecule has 1 aromatic carbocycles. The highest BCUT2D eigenvalue weighted by atomic mass is 32.2. The lowest BCUT2D eigenvalue weighted by molar-refractivity contribution is 0.0736. The lowest BCUT2D eigenvalue weighted by Gasteiger charge is -2.25. The van der Waals surface area contributed by atoms with Crippen LogP contribution in [-0.2, 0) is 0 Å². The number of benzene rings is 1. The Morgan fingerprint density at radius 1 is 1.47 bits per heavy atom. The molecule has 1 aromatic rings. The van der Waals surface area contributed by atoms with Gasteiger partial charge in [0.05, 0.1) is 5.56 Å². The van der Waals surface area contributed by atoms with Crippen molar-refractivity contribution in [2.45, 2.75) is 19.4 Å². The number of carbonyl (C=O) groups excluding carboxylic acids is 1. The maximum Gasteiger partial charge on any atom is 0.256 e. The SMILES string of the molecule is CSCCC(C)N(C)C(=O)c1ccccc1F. The van der Waals surface area contributed by atoms with Crippen molar-refractivity contribution in [3.05, 3.63) is 35.6 Å². The first-order valence-corrected chi connectivity index (χ1v) is 6.98. The van der Waals surface area contributed by atoms with Crippen molar-refractivity contribution in [3.8, 4) is 0 Å². The Hall–Kier alpha value is -1.03. The third kappa shape index (κ3) is 3.73. The van der Waals surface area contributed by atoms with Gasteiger partial charge in [-0.25, -0.2) is 4.39 Å². The molecule has 1 rings (SSSR count). The van der Waals surface area contributed by atoms with Crippen molar-refractivity contribution in [2.24, 2.45) is 0 Å². The molecule has 0 fully saturated rings. The molecule has 1 atom stereocenters. The maximum absolute atomic E-state index is 13.5. The van der Waals surface area contributed by atoms with E-state index in [0.29, 0.717) is 0 Å². The molecule has 0 N–H and O–H groups in total. The minimum atomic E-state index is -0.457. The first-order valence-electron chi connectivity index (χ1n) is 5.58. The van der Waals surface area contributed by atoms with Gasteiger partial charge in [-0.3, -0.25) is 4.79 Å². The maximum atomic E-state index is 13.5. The molecule has 0 aromatic heterocycles. The molecule has 0 radical (unpaired) electrons. The van der Waals surface area contributed by atoms with Crippen LogP contribution in [0.4, 0.5) is 4.39 Å². The van der Waals surface area contributed by atoms with Crippen LogP contribution in [0.5, 0.6) is 0 Å². The van der Waals surface area contributed by atoms with Gasteiger partial charge in [0, 0.05) is 13.1 Å². The highest BCUT2D eigenvalue weighted by molar-refractivity contribution is 7.98. The minimum absolute atomic E-state index is 0.120. The van der Waals surface area contributed by atoms with E-state index in [-0.39, 0.29) is 17.5 Å². The molecule has 0 bridgehead atoms. The normalized spacial score (nSPS) is 12.2. The van der Waals surface area contributed by atoms with E-state index in [4.69, 9.17) is 0 Å². The molecule has 0 heterocycles. The van der Waals surface area contributed by atoms with Gasteiger partial charge in [0.25, 0.3) is 5.91 Å². The van der Waals surface area contributed by atoms with Gasteiger partial charge in [-0.1, -0.05) is 12.1 Å². The molecule has 0 aliphatic heterocycles. The van der Waals surface area contributed by atoms with Crippen molar-refractivity contribution in [1.82, 2.24) is 4.90 Å². The predicted molar refractivity (Wildman–Crippen MR) is 71.0 cm³/mol. The standard InChI is InChI=1S/C13H18FNOS/c1-10(8-9-17-3)15(2)13(16)11-6-4-5-7-12(11)14/h4-7,10H,8-9H2,1-3H3. The fourth-order valence-electron chi connectivity index (χ4n) is 1.51.